The third-order valence-corrected chi connectivity index (χ3v) is 4.28. The molecule has 164 valence electrons. The van der Waals surface area contributed by atoms with E-state index in [2.05, 4.69) is 0 Å². The van der Waals surface area contributed by atoms with Crippen LogP contribution < -0.4 is 0 Å². The lowest BCUT2D eigenvalue weighted by molar-refractivity contribution is 0.0686. The van der Waals surface area contributed by atoms with Gasteiger partial charge in [-0.15, -0.1) is 0 Å². The largest absolute Gasteiger partial charge is 0.478 e. The fourth-order valence-electron chi connectivity index (χ4n) is 2.41. The van der Waals surface area contributed by atoms with Crippen molar-refractivity contribution < 1.29 is 30.0 Å². The maximum absolute atomic E-state index is 10.2. The summed E-state index contributed by atoms with van der Waals surface area (Å²) < 4.78 is 0. The van der Waals surface area contributed by atoms with Crippen molar-refractivity contribution in [2.24, 2.45) is 5.41 Å². The van der Waals surface area contributed by atoms with Gasteiger partial charge in [0.25, 0.3) is 0 Å². The second kappa shape index (κ2) is 13.7. The van der Waals surface area contributed by atoms with Crippen LogP contribution in [0.5, 0.6) is 0 Å². The first-order valence-corrected chi connectivity index (χ1v) is 9.63. The molecule has 6 nitrogen and oxygen atoms in total. The summed E-state index contributed by atoms with van der Waals surface area (Å²) in [4.78, 5) is 20.4. The minimum Gasteiger partial charge on any atom is -0.478 e. The SMILES string of the molecule is CC(CO)(CO)Cc1ccccc1.O=C(O)c1ccccc1.O=C(O)c1ccccc1. The quantitative estimate of drug-likeness (QED) is 0.476. The van der Waals surface area contributed by atoms with Crippen molar-refractivity contribution in [2.75, 3.05) is 13.2 Å². The molecule has 3 rings (SSSR count). The van der Waals surface area contributed by atoms with Gasteiger partial charge in [0.2, 0.25) is 0 Å². The number of aromatic carboxylic acids is 2. The van der Waals surface area contributed by atoms with Crippen LogP contribution in [0.3, 0.4) is 0 Å². The molecule has 0 aromatic heterocycles. The fourth-order valence-corrected chi connectivity index (χ4v) is 2.41. The molecule has 0 heterocycles. The Kier molecular flexibility index (Phi) is 11.3. The summed E-state index contributed by atoms with van der Waals surface area (Å²) in [5.74, 6) is -1.76. The van der Waals surface area contributed by atoms with E-state index in [0.717, 1.165) is 5.56 Å². The van der Waals surface area contributed by atoms with Crippen LogP contribution in [0.15, 0.2) is 91.0 Å². The smallest absolute Gasteiger partial charge is 0.335 e. The van der Waals surface area contributed by atoms with Crippen molar-refractivity contribution in [3.8, 4) is 0 Å². The molecular formula is C25H28O6. The van der Waals surface area contributed by atoms with Crippen LogP contribution in [0.25, 0.3) is 0 Å². The first-order chi connectivity index (χ1) is 14.8. The Balaban J connectivity index is 0.000000239. The number of carboxylic acid groups (broad SMARTS) is 2. The molecule has 0 aliphatic carbocycles. The number of benzene rings is 3. The molecule has 4 N–H and O–H groups in total. The van der Waals surface area contributed by atoms with Crippen LogP contribution in [0, 0.1) is 5.41 Å². The number of hydrogen-bond donors (Lipinski definition) is 4. The Hall–Kier alpha value is -3.48. The molecule has 0 saturated heterocycles. The monoisotopic (exact) mass is 424 g/mol. The maximum atomic E-state index is 10.2. The van der Waals surface area contributed by atoms with Crippen LogP contribution in [0.1, 0.15) is 33.2 Å². The van der Waals surface area contributed by atoms with Gasteiger partial charge in [-0.05, 0) is 36.2 Å². The van der Waals surface area contributed by atoms with E-state index in [1.807, 2.05) is 37.3 Å². The Morgan fingerprint density at radius 1 is 0.645 bits per heavy atom. The molecule has 3 aromatic carbocycles. The average Bonchev–Trinajstić information content (AvgIpc) is 2.81. The molecule has 31 heavy (non-hydrogen) atoms. The Morgan fingerprint density at radius 3 is 1.23 bits per heavy atom. The van der Waals surface area contributed by atoms with Crippen LogP contribution in [-0.4, -0.2) is 45.6 Å². The number of hydrogen-bond acceptors (Lipinski definition) is 4. The van der Waals surface area contributed by atoms with Crippen molar-refractivity contribution in [1.29, 1.82) is 0 Å². The van der Waals surface area contributed by atoms with E-state index in [4.69, 9.17) is 20.4 Å². The molecule has 0 atom stereocenters. The molecule has 3 aromatic rings. The molecule has 0 radical (unpaired) electrons. The zero-order valence-corrected chi connectivity index (χ0v) is 17.4. The van der Waals surface area contributed by atoms with E-state index in [1.165, 1.54) is 0 Å². The van der Waals surface area contributed by atoms with E-state index in [0.29, 0.717) is 17.5 Å². The highest BCUT2D eigenvalue weighted by atomic mass is 16.4. The van der Waals surface area contributed by atoms with E-state index in [1.54, 1.807) is 60.7 Å². The molecule has 0 aliphatic heterocycles. The lowest BCUT2D eigenvalue weighted by Gasteiger charge is -2.24. The lowest BCUT2D eigenvalue weighted by atomic mass is 9.85. The average molecular weight is 424 g/mol. The molecule has 0 bridgehead atoms. The second-order valence-electron chi connectivity index (χ2n) is 7.13. The standard InChI is InChI=1S/C11H16O2.2C7H6O2/c1-11(8-12,9-13)7-10-5-3-2-4-6-10;2*8-7(9)6-4-2-1-3-5-6/h2-6,12-13H,7-9H2,1H3;2*1-5H,(H,8,9). The molecule has 0 unspecified atom stereocenters. The number of carboxylic acids is 2. The Labute approximate surface area is 182 Å². The third kappa shape index (κ3) is 10.2. The van der Waals surface area contributed by atoms with Crippen LogP contribution >= 0.6 is 0 Å². The van der Waals surface area contributed by atoms with E-state index in [9.17, 15) is 9.59 Å². The minimum atomic E-state index is -0.879. The zero-order valence-electron chi connectivity index (χ0n) is 17.4. The maximum Gasteiger partial charge on any atom is 0.335 e. The van der Waals surface area contributed by atoms with Gasteiger partial charge < -0.3 is 20.4 Å². The summed E-state index contributed by atoms with van der Waals surface area (Å²) >= 11 is 0. The highest BCUT2D eigenvalue weighted by Crippen LogP contribution is 2.20. The van der Waals surface area contributed by atoms with Gasteiger partial charge in [-0.25, -0.2) is 9.59 Å². The zero-order chi connectivity index (χ0) is 23.1. The van der Waals surface area contributed by atoms with Gasteiger partial charge in [-0.3, -0.25) is 0 Å². The topological polar surface area (TPSA) is 115 Å². The summed E-state index contributed by atoms with van der Waals surface area (Å²) in [5, 5.41) is 34.9. The number of rotatable bonds is 6. The molecule has 0 saturated carbocycles. The van der Waals surface area contributed by atoms with Gasteiger partial charge in [0.05, 0.1) is 24.3 Å². The van der Waals surface area contributed by atoms with Gasteiger partial charge in [-0.1, -0.05) is 73.7 Å². The summed E-state index contributed by atoms with van der Waals surface area (Å²) in [5.41, 5.74) is 1.41. The lowest BCUT2D eigenvalue weighted by Crippen LogP contribution is -2.28. The number of aliphatic hydroxyl groups excluding tert-OH is 2. The number of aliphatic hydroxyl groups is 2. The van der Waals surface area contributed by atoms with Crippen LogP contribution in [0.2, 0.25) is 0 Å². The minimum absolute atomic E-state index is 0.0123. The van der Waals surface area contributed by atoms with Crippen molar-refractivity contribution in [3.63, 3.8) is 0 Å². The van der Waals surface area contributed by atoms with Gasteiger partial charge in [0, 0.05) is 5.41 Å². The van der Waals surface area contributed by atoms with E-state index in [-0.39, 0.29) is 13.2 Å². The van der Waals surface area contributed by atoms with Gasteiger partial charge in [0.1, 0.15) is 0 Å². The normalized spacial score (nSPS) is 10.0. The summed E-state index contributed by atoms with van der Waals surface area (Å²) in [7, 11) is 0. The first kappa shape index (κ1) is 25.6. The molecule has 0 spiro atoms. The summed E-state index contributed by atoms with van der Waals surface area (Å²) in [6, 6.07) is 26.5. The second-order valence-corrected chi connectivity index (χ2v) is 7.13. The number of carbonyl (C=O) groups is 2. The fraction of sp³-hybridized carbons (Fsp3) is 0.200. The predicted octanol–water partition coefficient (Wildman–Crippen LogP) is 3.99. The van der Waals surface area contributed by atoms with Crippen molar-refractivity contribution in [3.05, 3.63) is 108 Å². The third-order valence-electron chi connectivity index (χ3n) is 4.28. The van der Waals surface area contributed by atoms with Gasteiger partial charge in [0.15, 0.2) is 0 Å². The molecule has 0 aliphatic rings. The first-order valence-electron chi connectivity index (χ1n) is 9.63. The predicted molar refractivity (Wildman–Crippen MR) is 119 cm³/mol. The Bertz CT molecular complexity index is 842. The molecule has 0 amide bonds. The van der Waals surface area contributed by atoms with Crippen molar-refractivity contribution in [2.45, 2.75) is 13.3 Å². The van der Waals surface area contributed by atoms with E-state index < -0.39 is 17.4 Å². The van der Waals surface area contributed by atoms with Crippen LogP contribution in [0.4, 0.5) is 0 Å². The van der Waals surface area contributed by atoms with Crippen molar-refractivity contribution >= 4 is 11.9 Å². The summed E-state index contributed by atoms with van der Waals surface area (Å²) in [6.45, 7) is 1.90. The Morgan fingerprint density at radius 2 is 0.968 bits per heavy atom. The summed E-state index contributed by atoms with van der Waals surface area (Å²) in [6.07, 6.45) is 0.709. The van der Waals surface area contributed by atoms with Gasteiger partial charge in [-0.2, -0.15) is 0 Å². The van der Waals surface area contributed by atoms with E-state index >= 15 is 0 Å². The molecule has 6 heteroatoms. The van der Waals surface area contributed by atoms with Gasteiger partial charge >= 0.3 is 11.9 Å². The van der Waals surface area contributed by atoms with Crippen molar-refractivity contribution in [1.82, 2.24) is 0 Å². The highest BCUT2D eigenvalue weighted by molar-refractivity contribution is 5.87. The van der Waals surface area contributed by atoms with Crippen LogP contribution in [-0.2, 0) is 6.42 Å². The highest BCUT2D eigenvalue weighted by Gasteiger charge is 2.22. The molecule has 0 fully saturated rings. The molecular weight excluding hydrogens is 396 g/mol.